The van der Waals surface area contributed by atoms with Crippen molar-refractivity contribution in [1.29, 1.82) is 0 Å². The van der Waals surface area contributed by atoms with Crippen molar-refractivity contribution in [2.45, 2.75) is 32.7 Å². The Labute approximate surface area is 113 Å². The topological polar surface area (TPSA) is 21.3 Å². The third-order valence-electron chi connectivity index (χ3n) is 3.63. The lowest BCUT2D eigenvalue weighted by Crippen LogP contribution is -2.33. The van der Waals surface area contributed by atoms with E-state index in [0.717, 1.165) is 6.42 Å². The highest BCUT2D eigenvalue weighted by atomic mass is 19.3. The van der Waals surface area contributed by atoms with Crippen molar-refractivity contribution in [3.05, 3.63) is 35.4 Å². The van der Waals surface area contributed by atoms with E-state index < -0.39 is 13.0 Å². The summed E-state index contributed by atoms with van der Waals surface area (Å²) in [6.07, 6.45) is -1.35. The summed E-state index contributed by atoms with van der Waals surface area (Å²) in [5.74, 6) is 0. The number of benzene rings is 1. The SMILES string of the molecule is CC1(C)Cc2ccccc2C1NCCOCC(F)F. The number of hydrogen-bond donors (Lipinski definition) is 1. The summed E-state index contributed by atoms with van der Waals surface area (Å²) in [5, 5.41) is 3.43. The van der Waals surface area contributed by atoms with Crippen molar-refractivity contribution in [3.63, 3.8) is 0 Å². The molecule has 2 nitrogen and oxygen atoms in total. The molecule has 106 valence electrons. The Bertz CT molecular complexity index is 420. The van der Waals surface area contributed by atoms with Crippen LogP contribution in [0, 0.1) is 5.41 Å². The van der Waals surface area contributed by atoms with Crippen molar-refractivity contribution in [1.82, 2.24) is 5.32 Å². The third-order valence-corrected chi connectivity index (χ3v) is 3.63. The fraction of sp³-hybridized carbons (Fsp3) is 0.600. The van der Waals surface area contributed by atoms with Crippen LogP contribution in [-0.2, 0) is 11.2 Å². The molecule has 19 heavy (non-hydrogen) atoms. The molecule has 1 unspecified atom stereocenters. The Hall–Kier alpha value is -1.00. The second-order valence-corrected chi connectivity index (χ2v) is 5.72. The van der Waals surface area contributed by atoms with Crippen LogP contribution < -0.4 is 5.32 Å². The minimum Gasteiger partial charge on any atom is -0.374 e. The molecular weight excluding hydrogens is 248 g/mol. The van der Waals surface area contributed by atoms with Crippen LogP contribution in [-0.4, -0.2) is 26.2 Å². The minimum atomic E-state index is -2.39. The van der Waals surface area contributed by atoms with Gasteiger partial charge < -0.3 is 10.1 Å². The lowest BCUT2D eigenvalue weighted by molar-refractivity contribution is 0.0173. The van der Waals surface area contributed by atoms with Crippen LogP contribution in [0.15, 0.2) is 24.3 Å². The minimum absolute atomic E-state index is 0.145. The smallest absolute Gasteiger partial charge is 0.261 e. The van der Waals surface area contributed by atoms with Crippen molar-refractivity contribution >= 4 is 0 Å². The average molecular weight is 269 g/mol. The molecule has 0 heterocycles. The van der Waals surface area contributed by atoms with E-state index in [1.165, 1.54) is 11.1 Å². The quantitative estimate of drug-likeness (QED) is 0.801. The van der Waals surface area contributed by atoms with Crippen molar-refractivity contribution in [3.8, 4) is 0 Å². The van der Waals surface area contributed by atoms with E-state index in [0.29, 0.717) is 13.2 Å². The molecule has 0 spiro atoms. The molecule has 1 aromatic carbocycles. The zero-order valence-corrected chi connectivity index (χ0v) is 11.5. The van der Waals surface area contributed by atoms with Crippen LogP contribution in [0.2, 0.25) is 0 Å². The van der Waals surface area contributed by atoms with Gasteiger partial charge in [-0.25, -0.2) is 8.78 Å². The number of hydrogen-bond acceptors (Lipinski definition) is 2. The standard InChI is InChI=1S/C15H21F2NO/c1-15(2)9-11-5-3-4-6-12(11)14(15)18-7-8-19-10-13(16)17/h3-6,13-14,18H,7-10H2,1-2H3. The Balaban J connectivity index is 1.88. The summed E-state index contributed by atoms with van der Waals surface area (Å²) in [5.41, 5.74) is 2.84. The van der Waals surface area contributed by atoms with Crippen LogP contribution >= 0.6 is 0 Å². The summed E-state index contributed by atoms with van der Waals surface area (Å²) in [7, 11) is 0. The van der Waals surface area contributed by atoms with Gasteiger partial charge in [0.2, 0.25) is 0 Å². The molecule has 0 bridgehead atoms. The highest BCUT2D eigenvalue weighted by Crippen LogP contribution is 2.44. The van der Waals surface area contributed by atoms with Gasteiger partial charge >= 0.3 is 0 Å². The van der Waals surface area contributed by atoms with Crippen LogP contribution in [0.1, 0.15) is 31.0 Å². The van der Waals surface area contributed by atoms with Gasteiger partial charge in [-0.15, -0.1) is 0 Å². The average Bonchev–Trinajstić information content (AvgIpc) is 2.59. The number of alkyl halides is 2. The summed E-state index contributed by atoms with van der Waals surface area (Å²) < 4.78 is 28.8. The molecule has 4 heteroatoms. The van der Waals surface area contributed by atoms with Gasteiger partial charge in [0.15, 0.2) is 0 Å². The fourth-order valence-corrected chi connectivity index (χ4v) is 2.82. The molecule has 0 aromatic heterocycles. The second-order valence-electron chi connectivity index (χ2n) is 5.72. The zero-order chi connectivity index (χ0) is 13.9. The van der Waals surface area contributed by atoms with E-state index in [2.05, 4.69) is 37.4 Å². The Morgan fingerprint density at radius 2 is 2.11 bits per heavy atom. The summed E-state index contributed by atoms with van der Waals surface area (Å²) in [6.45, 7) is 4.88. The van der Waals surface area contributed by atoms with E-state index in [-0.39, 0.29) is 11.5 Å². The number of halogens is 2. The fourth-order valence-electron chi connectivity index (χ4n) is 2.82. The van der Waals surface area contributed by atoms with Gasteiger partial charge in [0.25, 0.3) is 6.43 Å². The molecule has 0 aliphatic heterocycles. The molecular formula is C15H21F2NO. The lowest BCUT2D eigenvalue weighted by Gasteiger charge is -2.28. The summed E-state index contributed by atoms with van der Waals surface area (Å²) >= 11 is 0. The predicted octanol–water partition coefficient (Wildman–Crippen LogP) is 3.18. The molecule has 0 amide bonds. The van der Waals surface area contributed by atoms with Gasteiger partial charge in [-0.05, 0) is 23.0 Å². The van der Waals surface area contributed by atoms with Gasteiger partial charge in [-0.2, -0.15) is 0 Å². The normalized spacial score (nSPS) is 20.8. The molecule has 0 saturated heterocycles. The van der Waals surface area contributed by atoms with Gasteiger partial charge in [0.1, 0.15) is 6.61 Å². The van der Waals surface area contributed by atoms with E-state index in [1.807, 2.05) is 6.07 Å². The maximum atomic E-state index is 11.9. The molecule has 1 atom stereocenters. The predicted molar refractivity (Wildman–Crippen MR) is 71.5 cm³/mol. The molecule has 0 saturated carbocycles. The van der Waals surface area contributed by atoms with Gasteiger partial charge in [0, 0.05) is 12.6 Å². The lowest BCUT2D eigenvalue weighted by atomic mass is 9.85. The second kappa shape index (κ2) is 5.97. The Kier molecular flexibility index (Phi) is 4.53. The highest BCUT2D eigenvalue weighted by molar-refractivity contribution is 5.37. The molecule has 1 aliphatic carbocycles. The van der Waals surface area contributed by atoms with Crippen molar-refractivity contribution < 1.29 is 13.5 Å². The molecule has 1 aromatic rings. The first-order chi connectivity index (χ1) is 9.00. The zero-order valence-electron chi connectivity index (χ0n) is 11.5. The Morgan fingerprint density at radius 3 is 2.84 bits per heavy atom. The summed E-state index contributed by atoms with van der Waals surface area (Å²) in [4.78, 5) is 0. The number of rotatable bonds is 6. The monoisotopic (exact) mass is 269 g/mol. The van der Waals surface area contributed by atoms with E-state index in [9.17, 15) is 8.78 Å². The first-order valence-electron chi connectivity index (χ1n) is 6.68. The van der Waals surface area contributed by atoms with E-state index >= 15 is 0 Å². The maximum absolute atomic E-state index is 11.9. The summed E-state index contributed by atoms with van der Waals surface area (Å²) in [6, 6.07) is 8.66. The molecule has 0 fully saturated rings. The molecule has 1 aliphatic rings. The van der Waals surface area contributed by atoms with Crippen LogP contribution in [0.4, 0.5) is 8.78 Å². The van der Waals surface area contributed by atoms with E-state index in [4.69, 9.17) is 4.74 Å². The van der Waals surface area contributed by atoms with Gasteiger partial charge in [-0.3, -0.25) is 0 Å². The van der Waals surface area contributed by atoms with Crippen molar-refractivity contribution in [2.24, 2.45) is 5.41 Å². The van der Waals surface area contributed by atoms with Crippen LogP contribution in [0.3, 0.4) is 0 Å². The van der Waals surface area contributed by atoms with Crippen molar-refractivity contribution in [2.75, 3.05) is 19.8 Å². The number of ether oxygens (including phenoxy) is 1. The molecule has 1 N–H and O–H groups in total. The largest absolute Gasteiger partial charge is 0.374 e. The number of nitrogens with one attached hydrogen (secondary N) is 1. The van der Waals surface area contributed by atoms with E-state index in [1.54, 1.807) is 0 Å². The Morgan fingerprint density at radius 1 is 1.37 bits per heavy atom. The van der Waals surface area contributed by atoms with Crippen LogP contribution in [0.25, 0.3) is 0 Å². The van der Waals surface area contributed by atoms with Gasteiger partial charge in [0.05, 0.1) is 6.61 Å². The van der Waals surface area contributed by atoms with Gasteiger partial charge in [-0.1, -0.05) is 38.1 Å². The highest BCUT2D eigenvalue weighted by Gasteiger charge is 2.38. The molecule has 0 radical (unpaired) electrons. The first kappa shape index (κ1) is 14.4. The third kappa shape index (κ3) is 3.51. The van der Waals surface area contributed by atoms with Crippen LogP contribution in [0.5, 0.6) is 0 Å². The first-order valence-corrected chi connectivity index (χ1v) is 6.68. The molecule has 2 rings (SSSR count). The maximum Gasteiger partial charge on any atom is 0.261 e. The number of fused-ring (bicyclic) bond motifs is 1.